The van der Waals surface area contributed by atoms with Gasteiger partial charge in [-0.1, -0.05) is 0 Å². The van der Waals surface area contributed by atoms with E-state index in [1.54, 1.807) is 0 Å². The molecule has 2 N–H and O–H groups in total. The van der Waals surface area contributed by atoms with Crippen LogP contribution in [0.25, 0.3) is 16.9 Å². The minimum Gasteiger partial charge on any atom is -0.438 e. The monoisotopic (exact) mass is 455 g/mol. The summed E-state index contributed by atoms with van der Waals surface area (Å²) in [7, 11) is 0. The molecular formula is C19H11F6N5O2. The normalized spacial score (nSPS) is 12.2. The number of aromatic nitrogens is 4. The summed E-state index contributed by atoms with van der Waals surface area (Å²) in [5.74, 6) is -0.922. The first-order valence-electron chi connectivity index (χ1n) is 8.71. The zero-order chi connectivity index (χ0) is 23.1. The van der Waals surface area contributed by atoms with Gasteiger partial charge in [-0.05, 0) is 36.4 Å². The van der Waals surface area contributed by atoms with Gasteiger partial charge in [0, 0.05) is 17.8 Å². The molecule has 4 aromatic rings. The molecule has 3 heterocycles. The van der Waals surface area contributed by atoms with E-state index in [0.717, 1.165) is 24.4 Å². The Morgan fingerprint density at radius 1 is 0.844 bits per heavy atom. The van der Waals surface area contributed by atoms with Crippen LogP contribution >= 0.6 is 0 Å². The molecule has 0 radical (unpaired) electrons. The molecule has 7 nitrogen and oxygen atoms in total. The van der Waals surface area contributed by atoms with Crippen LogP contribution in [0.15, 0.2) is 54.9 Å². The number of rotatable bonds is 4. The lowest BCUT2D eigenvalue weighted by Gasteiger charge is -2.11. The summed E-state index contributed by atoms with van der Waals surface area (Å²) in [6.45, 7) is 0. The highest BCUT2D eigenvalue weighted by Crippen LogP contribution is 2.35. The highest BCUT2D eigenvalue weighted by Gasteiger charge is 2.34. The van der Waals surface area contributed by atoms with Crippen LogP contribution in [0, 0.1) is 0 Å². The van der Waals surface area contributed by atoms with E-state index >= 15 is 0 Å². The van der Waals surface area contributed by atoms with Crippen LogP contribution in [0.3, 0.4) is 0 Å². The van der Waals surface area contributed by atoms with Crippen LogP contribution in [0.2, 0.25) is 0 Å². The van der Waals surface area contributed by atoms with Crippen molar-refractivity contribution in [1.29, 1.82) is 0 Å². The molecular weight excluding hydrogens is 444 g/mol. The lowest BCUT2D eigenvalue weighted by Crippen LogP contribution is -2.16. The second-order valence-corrected chi connectivity index (χ2v) is 6.36. The van der Waals surface area contributed by atoms with Crippen molar-refractivity contribution in [3.63, 3.8) is 0 Å². The highest BCUT2D eigenvalue weighted by atomic mass is 19.4. The number of nitrogens with two attached hydrogens (primary N) is 1. The molecule has 1 aromatic carbocycles. The number of nitrogen functional groups attached to an aromatic ring is 1. The third-order valence-electron chi connectivity index (χ3n) is 4.14. The lowest BCUT2D eigenvalue weighted by atomic mass is 10.1. The SMILES string of the molecule is Nc1ncc(-c2cnc3ccc(Oc4ccc(OC(F)(F)F)cc4)nn23)cc1C(F)(F)F. The molecule has 0 unspecified atom stereocenters. The summed E-state index contributed by atoms with van der Waals surface area (Å²) in [4.78, 5) is 7.68. The Labute approximate surface area is 175 Å². The lowest BCUT2D eigenvalue weighted by molar-refractivity contribution is -0.274. The van der Waals surface area contributed by atoms with Gasteiger partial charge in [-0.25, -0.2) is 14.5 Å². The van der Waals surface area contributed by atoms with Crippen LogP contribution in [0.1, 0.15) is 5.56 Å². The molecule has 0 fully saturated rings. The van der Waals surface area contributed by atoms with Crippen LogP contribution in [0.4, 0.5) is 32.2 Å². The topological polar surface area (TPSA) is 87.6 Å². The third-order valence-corrected chi connectivity index (χ3v) is 4.14. The van der Waals surface area contributed by atoms with E-state index in [0.29, 0.717) is 5.65 Å². The van der Waals surface area contributed by atoms with Gasteiger partial charge in [0.25, 0.3) is 0 Å². The van der Waals surface area contributed by atoms with Crippen molar-refractivity contribution >= 4 is 11.5 Å². The Bertz CT molecular complexity index is 1270. The van der Waals surface area contributed by atoms with Crippen LogP contribution < -0.4 is 15.2 Å². The van der Waals surface area contributed by atoms with Crippen LogP contribution in [0.5, 0.6) is 17.4 Å². The number of hydrogen-bond donors (Lipinski definition) is 1. The Morgan fingerprint density at radius 2 is 1.53 bits per heavy atom. The quantitative estimate of drug-likeness (QED) is 0.432. The number of anilines is 1. The van der Waals surface area contributed by atoms with Crippen molar-refractivity contribution in [1.82, 2.24) is 19.6 Å². The molecule has 166 valence electrons. The average Bonchev–Trinajstić information content (AvgIpc) is 3.11. The van der Waals surface area contributed by atoms with Gasteiger partial charge in [-0.2, -0.15) is 13.2 Å². The standard InChI is InChI=1S/C19H11F6N5O2/c20-18(21,22)13-7-10(8-28-17(13)26)14-9-27-15-5-6-16(29-30(14)15)31-11-1-3-12(4-2-11)32-19(23,24)25/h1-9H,(H2,26,28). The van der Waals surface area contributed by atoms with E-state index in [2.05, 4.69) is 19.8 Å². The number of benzene rings is 1. The summed E-state index contributed by atoms with van der Waals surface area (Å²) in [6, 6.07) is 8.37. The molecule has 0 aliphatic carbocycles. The van der Waals surface area contributed by atoms with Crippen molar-refractivity contribution in [2.45, 2.75) is 12.5 Å². The second kappa shape index (κ2) is 7.59. The number of halogens is 6. The zero-order valence-electron chi connectivity index (χ0n) is 15.6. The predicted molar refractivity (Wildman–Crippen MR) is 98.8 cm³/mol. The average molecular weight is 455 g/mol. The molecule has 0 amide bonds. The van der Waals surface area contributed by atoms with E-state index in [4.69, 9.17) is 10.5 Å². The van der Waals surface area contributed by atoms with Gasteiger partial charge < -0.3 is 15.2 Å². The van der Waals surface area contributed by atoms with E-state index in [9.17, 15) is 26.3 Å². The number of hydrogen-bond acceptors (Lipinski definition) is 6. The van der Waals surface area contributed by atoms with E-state index in [-0.39, 0.29) is 22.9 Å². The first kappa shape index (κ1) is 21.2. The molecule has 32 heavy (non-hydrogen) atoms. The molecule has 3 aromatic heterocycles. The van der Waals surface area contributed by atoms with Crippen molar-refractivity contribution in [2.75, 3.05) is 5.73 Å². The molecule has 13 heteroatoms. The van der Waals surface area contributed by atoms with Gasteiger partial charge in [0.1, 0.15) is 17.3 Å². The fourth-order valence-electron chi connectivity index (χ4n) is 2.78. The maximum atomic E-state index is 13.2. The predicted octanol–water partition coefficient (Wildman–Crippen LogP) is 5.08. The van der Waals surface area contributed by atoms with E-state index in [1.165, 1.54) is 35.0 Å². The summed E-state index contributed by atoms with van der Waals surface area (Å²) in [5.41, 5.74) is 4.81. The number of fused-ring (bicyclic) bond motifs is 1. The number of pyridine rings is 1. The first-order valence-corrected chi connectivity index (χ1v) is 8.71. The smallest absolute Gasteiger partial charge is 0.438 e. The Hall–Kier alpha value is -4.03. The van der Waals surface area contributed by atoms with Gasteiger partial charge in [-0.15, -0.1) is 18.3 Å². The Balaban J connectivity index is 1.64. The molecule has 0 spiro atoms. The van der Waals surface area contributed by atoms with Gasteiger partial charge in [0.05, 0.1) is 17.5 Å². The Kier molecular flexibility index (Phi) is 5.03. The van der Waals surface area contributed by atoms with Crippen molar-refractivity contribution in [2.24, 2.45) is 0 Å². The van der Waals surface area contributed by atoms with Gasteiger partial charge >= 0.3 is 12.5 Å². The van der Waals surface area contributed by atoms with Crippen LogP contribution in [-0.2, 0) is 6.18 Å². The third kappa shape index (κ3) is 4.50. The molecule has 0 saturated heterocycles. The van der Waals surface area contributed by atoms with Gasteiger partial charge in [-0.3, -0.25) is 0 Å². The molecule has 0 saturated carbocycles. The minimum absolute atomic E-state index is 0.0145. The summed E-state index contributed by atoms with van der Waals surface area (Å²) >= 11 is 0. The van der Waals surface area contributed by atoms with Gasteiger partial charge in [0.2, 0.25) is 5.88 Å². The Morgan fingerprint density at radius 3 is 2.19 bits per heavy atom. The van der Waals surface area contributed by atoms with Crippen molar-refractivity contribution < 1.29 is 35.8 Å². The maximum absolute atomic E-state index is 13.2. The second-order valence-electron chi connectivity index (χ2n) is 6.36. The number of alkyl halides is 6. The number of ether oxygens (including phenoxy) is 2. The highest BCUT2D eigenvalue weighted by molar-refractivity contribution is 5.65. The van der Waals surface area contributed by atoms with Gasteiger partial charge in [0.15, 0.2) is 5.65 Å². The molecule has 0 atom stereocenters. The summed E-state index contributed by atoms with van der Waals surface area (Å²) < 4.78 is 86.8. The van der Waals surface area contributed by atoms with Crippen molar-refractivity contribution in [3.05, 3.63) is 60.4 Å². The fraction of sp³-hybridized carbons (Fsp3) is 0.105. The molecule has 0 aliphatic heterocycles. The van der Waals surface area contributed by atoms with E-state index < -0.39 is 29.7 Å². The molecule has 0 bridgehead atoms. The minimum atomic E-state index is -4.82. The molecule has 0 aliphatic rings. The first-order chi connectivity index (χ1) is 15.0. The van der Waals surface area contributed by atoms with E-state index in [1.807, 2.05) is 0 Å². The number of imidazole rings is 1. The summed E-state index contributed by atoms with van der Waals surface area (Å²) in [5, 5.41) is 4.18. The summed E-state index contributed by atoms with van der Waals surface area (Å²) in [6.07, 6.45) is -7.06. The van der Waals surface area contributed by atoms with Crippen LogP contribution in [-0.4, -0.2) is 25.9 Å². The maximum Gasteiger partial charge on any atom is 0.573 e. The molecule has 4 rings (SSSR count). The largest absolute Gasteiger partial charge is 0.573 e. The zero-order valence-corrected chi connectivity index (χ0v) is 15.6. The number of nitrogens with zero attached hydrogens (tertiary/aromatic N) is 4. The fourth-order valence-corrected chi connectivity index (χ4v) is 2.78. The van der Waals surface area contributed by atoms with Crippen molar-refractivity contribution in [3.8, 4) is 28.6 Å².